The molecule has 1 saturated heterocycles. The molecule has 0 bridgehead atoms. The number of halogens is 1. The van der Waals surface area contributed by atoms with Crippen molar-refractivity contribution in [1.29, 1.82) is 0 Å². The molecular formula is C18H23ClN2O. The smallest absolute Gasteiger partial charge is 0.224 e. The predicted octanol–water partition coefficient (Wildman–Crippen LogP) is 3.06. The van der Waals surface area contributed by atoms with Gasteiger partial charge >= 0.3 is 0 Å². The maximum absolute atomic E-state index is 12.0. The second kappa shape index (κ2) is 8.16. The summed E-state index contributed by atoms with van der Waals surface area (Å²) in [5.74, 6) is 0.114. The molecule has 1 atom stereocenters. The van der Waals surface area contributed by atoms with Gasteiger partial charge in [-0.25, -0.2) is 0 Å². The van der Waals surface area contributed by atoms with Crippen LogP contribution in [0, 0.1) is 0 Å². The zero-order valence-corrected chi connectivity index (χ0v) is 13.5. The molecule has 0 radical (unpaired) electrons. The van der Waals surface area contributed by atoms with E-state index in [1.807, 2.05) is 18.2 Å². The summed E-state index contributed by atoms with van der Waals surface area (Å²) in [5.41, 5.74) is 1.07. The largest absolute Gasteiger partial charge is 0.356 e. The van der Waals surface area contributed by atoms with Gasteiger partial charge in [-0.1, -0.05) is 42.5 Å². The highest BCUT2D eigenvalue weighted by atomic mass is 35.5. The molecule has 1 aliphatic heterocycles. The minimum absolute atomic E-state index is 0. The predicted molar refractivity (Wildman–Crippen MR) is 93.6 cm³/mol. The highest BCUT2D eigenvalue weighted by Gasteiger charge is 2.13. The van der Waals surface area contributed by atoms with Crippen molar-refractivity contribution in [3.8, 4) is 0 Å². The van der Waals surface area contributed by atoms with Crippen molar-refractivity contribution in [3.63, 3.8) is 0 Å². The molecule has 3 nitrogen and oxygen atoms in total. The van der Waals surface area contributed by atoms with Crippen LogP contribution in [-0.4, -0.2) is 25.0 Å². The van der Waals surface area contributed by atoms with Gasteiger partial charge in [-0.2, -0.15) is 0 Å². The number of rotatable bonds is 5. The Kier molecular flexibility index (Phi) is 6.22. The van der Waals surface area contributed by atoms with Crippen molar-refractivity contribution in [2.24, 2.45) is 0 Å². The van der Waals surface area contributed by atoms with Crippen molar-refractivity contribution in [3.05, 3.63) is 48.0 Å². The van der Waals surface area contributed by atoms with Crippen molar-refractivity contribution in [2.45, 2.75) is 31.7 Å². The first kappa shape index (κ1) is 16.8. The third kappa shape index (κ3) is 4.46. The van der Waals surface area contributed by atoms with Gasteiger partial charge in [-0.3, -0.25) is 4.79 Å². The lowest BCUT2D eigenvalue weighted by molar-refractivity contribution is -0.120. The van der Waals surface area contributed by atoms with E-state index in [4.69, 9.17) is 0 Å². The highest BCUT2D eigenvalue weighted by molar-refractivity contribution is 5.85. The maximum Gasteiger partial charge on any atom is 0.224 e. The molecule has 2 aromatic carbocycles. The van der Waals surface area contributed by atoms with Crippen LogP contribution in [0.1, 0.15) is 24.8 Å². The summed E-state index contributed by atoms with van der Waals surface area (Å²) in [6.07, 6.45) is 3.99. The molecule has 0 aliphatic carbocycles. The first-order valence-corrected chi connectivity index (χ1v) is 7.79. The van der Waals surface area contributed by atoms with Crippen LogP contribution >= 0.6 is 12.4 Å². The van der Waals surface area contributed by atoms with Gasteiger partial charge in [0, 0.05) is 12.6 Å². The summed E-state index contributed by atoms with van der Waals surface area (Å²) in [5, 5.41) is 8.89. The molecular weight excluding hydrogens is 296 g/mol. The molecule has 2 N–H and O–H groups in total. The zero-order chi connectivity index (χ0) is 14.5. The molecule has 3 rings (SSSR count). The van der Waals surface area contributed by atoms with Crippen molar-refractivity contribution in [1.82, 2.24) is 10.6 Å². The average molecular weight is 319 g/mol. The Morgan fingerprint density at radius 1 is 1.18 bits per heavy atom. The molecule has 1 amide bonds. The zero-order valence-electron chi connectivity index (χ0n) is 12.7. The normalized spacial score (nSPS) is 17.2. The van der Waals surface area contributed by atoms with E-state index in [-0.39, 0.29) is 18.3 Å². The van der Waals surface area contributed by atoms with Gasteiger partial charge in [0.05, 0.1) is 6.42 Å². The van der Waals surface area contributed by atoms with Crippen LogP contribution < -0.4 is 10.6 Å². The number of nitrogens with one attached hydrogen (secondary N) is 2. The van der Waals surface area contributed by atoms with Crippen LogP contribution in [0.5, 0.6) is 0 Å². The molecule has 1 fully saturated rings. The third-order valence-corrected chi connectivity index (χ3v) is 4.16. The minimum atomic E-state index is 0. The third-order valence-electron chi connectivity index (χ3n) is 4.16. The summed E-state index contributed by atoms with van der Waals surface area (Å²) >= 11 is 0. The molecule has 1 aliphatic rings. The summed E-state index contributed by atoms with van der Waals surface area (Å²) in [4.78, 5) is 12.0. The number of amides is 1. The maximum atomic E-state index is 12.0. The standard InChI is InChI=1S/C18H22N2O.ClH/c21-18(20-11-9-17-6-3-10-19-17)13-14-7-8-15-4-1-2-5-16(15)12-14;/h1-2,4-5,7-8,12,17,19H,3,6,9-11,13H2,(H,20,21);1H/t17-;/m1./s1. The van der Waals surface area contributed by atoms with E-state index in [1.54, 1.807) is 0 Å². The molecule has 0 aromatic heterocycles. The van der Waals surface area contributed by atoms with E-state index < -0.39 is 0 Å². The summed E-state index contributed by atoms with van der Waals surface area (Å²) < 4.78 is 0. The van der Waals surface area contributed by atoms with Crippen LogP contribution in [0.3, 0.4) is 0 Å². The summed E-state index contributed by atoms with van der Waals surface area (Å²) in [7, 11) is 0. The first-order chi connectivity index (χ1) is 10.3. The van der Waals surface area contributed by atoms with E-state index in [1.165, 1.54) is 23.6 Å². The number of fused-ring (bicyclic) bond motifs is 1. The van der Waals surface area contributed by atoms with Crippen molar-refractivity contribution >= 4 is 29.1 Å². The molecule has 0 unspecified atom stereocenters. The van der Waals surface area contributed by atoms with Crippen LogP contribution in [0.25, 0.3) is 10.8 Å². The Morgan fingerprint density at radius 3 is 2.77 bits per heavy atom. The second-order valence-electron chi connectivity index (χ2n) is 5.79. The molecule has 1 heterocycles. The SMILES string of the molecule is Cl.O=C(Cc1ccc2ccccc2c1)NCC[C@H]1CCCN1. The lowest BCUT2D eigenvalue weighted by atomic mass is 10.0. The van der Waals surface area contributed by atoms with Gasteiger partial charge in [0.2, 0.25) is 5.91 Å². The molecule has 4 heteroatoms. The average Bonchev–Trinajstić information content (AvgIpc) is 3.00. The Morgan fingerprint density at radius 2 is 2.00 bits per heavy atom. The van der Waals surface area contributed by atoms with Crippen LogP contribution in [0.2, 0.25) is 0 Å². The molecule has 0 spiro atoms. The quantitative estimate of drug-likeness (QED) is 0.889. The fourth-order valence-corrected chi connectivity index (χ4v) is 2.99. The van der Waals surface area contributed by atoms with E-state index >= 15 is 0 Å². The van der Waals surface area contributed by atoms with Crippen molar-refractivity contribution in [2.75, 3.05) is 13.1 Å². The fourth-order valence-electron chi connectivity index (χ4n) is 2.99. The fraction of sp³-hybridized carbons (Fsp3) is 0.389. The Balaban J connectivity index is 0.00000176. The Bertz CT molecular complexity index is 623. The Hall–Kier alpha value is -1.58. The molecule has 22 heavy (non-hydrogen) atoms. The molecule has 2 aromatic rings. The molecule has 0 saturated carbocycles. The number of hydrogen-bond donors (Lipinski definition) is 2. The van der Waals surface area contributed by atoms with Crippen LogP contribution in [0.4, 0.5) is 0 Å². The van der Waals surface area contributed by atoms with Crippen LogP contribution in [0.15, 0.2) is 42.5 Å². The van der Waals surface area contributed by atoms with Crippen LogP contribution in [-0.2, 0) is 11.2 Å². The first-order valence-electron chi connectivity index (χ1n) is 7.79. The van der Waals surface area contributed by atoms with Gasteiger partial charge < -0.3 is 10.6 Å². The number of hydrogen-bond acceptors (Lipinski definition) is 2. The summed E-state index contributed by atoms with van der Waals surface area (Å²) in [6.45, 7) is 1.89. The lowest BCUT2D eigenvalue weighted by Crippen LogP contribution is -2.31. The van der Waals surface area contributed by atoms with E-state index in [2.05, 4.69) is 34.9 Å². The van der Waals surface area contributed by atoms with Gasteiger partial charge in [-0.15, -0.1) is 12.4 Å². The highest BCUT2D eigenvalue weighted by Crippen LogP contribution is 2.16. The number of benzene rings is 2. The van der Waals surface area contributed by atoms with Gasteiger partial charge in [0.25, 0.3) is 0 Å². The lowest BCUT2D eigenvalue weighted by Gasteiger charge is -2.11. The van der Waals surface area contributed by atoms with Gasteiger partial charge in [-0.05, 0) is 42.1 Å². The monoisotopic (exact) mass is 318 g/mol. The number of carbonyl (C=O) groups excluding carboxylic acids is 1. The molecule has 118 valence electrons. The minimum Gasteiger partial charge on any atom is -0.356 e. The van der Waals surface area contributed by atoms with E-state index in [0.717, 1.165) is 25.1 Å². The van der Waals surface area contributed by atoms with E-state index in [0.29, 0.717) is 12.5 Å². The van der Waals surface area contributed by atoms with Crippen molar-refractivity contribution < 1.29 is 4.79 Å². The Labute approximate surface area is 137 Å². The topological polar surface area (TPSA) is 41.1 Å². The number of carbonyl (C=O) groups is 1. The van der Waals surface area contributed by atoms with Gasteiger partial charge in [0.15, 0.2) is 0 Å². The summed E-state index contributed by atoms with van der Waals surface area (Å²) in [6, 6.07) is 15.1. The second-order valence-corrected chi connectivity index (χ2v) is 5.79. The van der Waals surface area contributed by atoms with Gasteiger partial charge in [0.1, 0.15) is 0 Å². The van der Waals surface area contributed by atoms with E-state index in [9.17, 15) is 4.79 Å².